The van der Waals surface area contributed by atoms with E-state index in [2.05, 4.69) is 27.7 Å². The summed E-state index contributed by atoms with van der Waals surface area (Å²) in [6.07, 6.45) is 2.21. The molecule has 0 aromatic heterocycles. The molecule has 80 valence electrons. The summed E-state index contributed by atoms with van der Waals surface area (Å²) >= 11 is 0. The molecule has 4 heteroatoms. The van der Waals surface area contributed by atoms with Crippen molar-refractivity contribution in [1.29, 1.82) is 0 Å². The molecule has 0 saturated carbocycles. The van der Waals surface area contributed by atoms with Crippen LogP contribution in [0, 0.1) is 0 Å². The summed E-state index contributed by atoms with van der Waals surface area (Å²) in [6.45, 7) is 8.46. The molecule has 0 atom stereocenters. The van der Waals surface area contributed by atoms with E-state index in [4.69, 9.17) is 8.85 Å². The van der Waals surface area contributed by atoms with Crippen molar-refractivity contribution in [2.24, 2.45) is 0 Å². The van der Waals surface area contributed by atoms with Gasteiger partial charge < -0.3 is 8.85 Å². The van der Waals surface area contributed by atoms with Crippen molar-refractivity contribution in [3.8, 4) is 0 Å². The molecule has 0 aliphatic heterocycles. The lowest BCUT2D eigenvalue weighted by Crippen LogP contribution is -2.09. The second-order valence-electron chi connectivity index (χ2n) is 3.90. The van der Waals surface area contributed by atoms with Crippen molar-refractivity contribution in [3.05, 3.63) is 0 Å². The van der Waals surface area contributed by atoms with Crippen LogP contribution in [0.1, 0.15) is 34.1 Å². The van der Waals surface area contributed by atoms with E-state index >= 15 is 0 Å². The fourth-order valence-electron chi connectivity index (χ4n) is 1.02. The largest absolute Gasteiger partial charge is 0.422 e. The smallest absolute Gasteiger partial charge is 0.161 e. The maximum atomic E-state index is 5.58. The van der Waals surface area contributed by atoms with Gasteiger partial charge in [0.05, 0.1) is 0 Å². The topological polar surface area (TPSA) is 18.5 Å². The second-order valence-corrected chi connectivity index (χ2v) is 6.80. The average Bonchev–Trinajstić information content (AvgIpc) is 2.01. The molecule has 13 heavy (non-hydrogen) atoms. The molecule has 0 aliphatic rings. The van der Waals surface area contributed by atoms with Gasteiger partial charge in [0.1, 0.15) is 0 Å². The maximum absolute atomic E-state index is 5.58. The van der Waals surface area contributed by atoms with Crippen LogP contribution in [0.15, 0.2) is 0 Å². The highest BCUT2D eigenvalue weighted by Crippen LogP contribution is 1.99. The van der Waals surface area contributed by atoms with Gasteiger partial charge >= 0.3 is 0 Å². The van der Waals surface area contributed by atoms with E-state index in [1.807, 2.05) is 0 Å². The van der Waals surface area contributed by atoms with E-state index in [-0.39, 0.29) is 19.5 Å². The van der Waals surface area contributed by atoms with Gasteiger partial charge in [0.25, 0.3) is 0 Å². The highest BCUT2D eigenvalue weighted by Gasteiger charge is 1.96. The van der Waals surface area contributed by atoms with E-state index in [0.717, 1.165) is 0 Å². The van der Waals surface area contributed by atoms with Gasteiger partial charge in [-0.05, 0) is 39.8 Å². The van der Waals surface area contributed by atoms with Gasteiger partial charge in [-0.15, -0.1) is 0 Å². The van der Waals surface area contributed by atoms with Crippen LogP contribution in [0.2, 0.25) is 12.1 Å². The maximum Gasteiger partial charge on any atom is 0.161 e. The molecule has 0 saturated heterocycles. The summed E-state index contributed by atoms with van der Waals surface area (Å²) < 4.78 is 11.2. The van der Waals surface area contributed by atoms with Crippen molar-refractivity contribution in [1.82, 2.24) is 0 Å². The summed E-state index contributed by atoms with van der Waals surface area (Å²) in [7, 11) is -0.434. The Balaban J connectivity index is 2.92. The van der Waals surface area contributed by atoms with Crippen LogP contribution in [0.3, 0.4) is 0 Å². The van der Waals surface area contributed by atoms with Gasteiger partial charge in [-0.25, -0.2) is 0 Å². The van der Waals surface area contributed by atoms with Crippen molar-refractivity contribution < 1.29 is 8.85 Å². The lowest BCUT2D eigenvalue weighted by Gasteiger charge is -2.08. The molecular weight excluding hydrogens is 196 g/mol. The Morgan fingerprint density at radius 3 is 1.54 bits per heavy atom. The minimum Gasteiger partial charge on any atom is -0.422 e. The predicted molar refractivity (Wildman–Crippen MR) is 63.8 cm³/mol. The predicted octanol–water partition coefficient (Wildman–Crippen LogP) is 1.23. The molecule has 0 aliphatic carbocycles. The molecule has 2 nitrogen and oxygen atoms in total. The minimum atomic E-state index is -0.217. The van der Waals surface area contributed by atoms with Crippen LogP contribution >= 0.6 is 0 Å². The van der Waals surface area contributed by atoms with Gasteiger partial charge in [0, 0.05) is 12.2 Å². The van der Waals surface area contributed by atoms with E-state index in [1.165, 1.54) is 18.5 Å². The lowest BCUT2D eigenvalue weighted by atomic mass is 10.5. The van der Waals surface area contributed by atoms with E-state index in [9.17, 15) is 0 Å². The van der Waals surface area contributed by atoms with Crippen LogP contribution in [-0.4, -0.2) is 31.7 Å². The van der Waals surface area contributed by atoms with Crippen LogP contribution < -0.4 is 0 Å². The third kappa shape index (κ3) is 12.4. The fourth-order valence-corrected chi connectivity index (χ4v) is 4.12. The molecule has 0 radical (unpaired) electrons. The Bertz CT molecular complexity index is 95.8. The minimum absolute atomic E-state index is 0.217. The number of hydrogen-bond acceptors (Lipinski definition) is 2. The molecular formula is C9H24O2Si2. The molecule has 0 rings (SSSR count). The van der Waals surface area contributed by atoms with Gasteiger partial charge in [-0.1, -0.05) is 6.42 Å². The fraction of sp³-hybridized carbons (Fsp3) is 1.00. The number of rotatable bonds is 8. The van der Waals surface area contributed by atoms with Crippen molar-refractivity contribution in [3.63, 3.8) is 0 Å². The van der Waals surface area contributed by atoms with E-state index in [0.29, 0.717) is 12.2 Å². The Hall–Kier alpha value is 0.354. The first kappa shape index (κ1) is 13.4. The zero-order chi connectivity index (χ0) is 10.1. The van der Waals surface area contributed by atoms with Crippen molar-refractivity contribution in [2.75, 3.05) is 0 Å². The number of hydrogen-bond donors (Lipinski definition) is 0. The molecule has 0 bridgehead atoms. The van der Waals surface area contributed by atoms with Gasteiger partial charge in [0.15, 0.2) is 19.5 Å². The van der Waals surface area contributed by atoms with Crippen LogP contribution in [-0.2, 0) is 8.85 Å². The molecule has 0 N–H and O–H groups in total. The van der Waals surface area contributed by atoms with Gasteiger partial charge in [-0.2, -0.15) is 0 Å². The highest BCUT2D eigenvalue weighted by molar-refractivity contribution is 6.29. The molecule has 0 aromatic rings. The average molecular weight is 220 g/mol. The van der Waals surface area contributed by atoms with Gasteiger partial charge in [0.2, 0.25) is 0 Å². The monoisotopic (exact) mass is 220 g/mol. The Morgan fingerprint density at radius 1 is 0.846 bits per heavy atom. The first-order valence-electron chi connectivity index (χ1n) is 5.36. The Morgan fingerprint density at radius 2 is 1.23 bits per heavy atom. The van der Waals surface area contributed by atoms with E-state index in [1.54, 1.807) is 0 Å². The summed E-state index contributed by atoms with van der Waals surface area (Å²) in [5, 5.41) is 0. The standard InChI is InChI=1S/C9H24O2Si2/c1-8(2)10-12-6-5-7-13-11-9(3)4/h8-9H,5-7,12-13H2,1-4H3. The summed E-state index contributed by atoms with van der Waals surface area (Å²) in [5.41, 5.74) is 0. The Kier molecular flexibility index (Phi) is 9.17. The molecule has 0 aromatic carbocycles. The van der Waals surface area contributed by atoms with E-state index < -0.39 is 0 Å². The lowest BCUT2D eigenvalue weighted by molar-refractivity contribution is 0.252. The Labute approximate surface area is 87.3 Å². The second kappa shape index (κ2) is 8.93. The quantitative estimate of drug-likeness (QED) is 0.452. The molecule has 0 amide bonds. The summed E-state index contributed by atoms with van der Waals surface area (Å²) in [4.78, 5) is 0. The highest BCUT2D eigenvalue weighted by atomic mass is 28.2. The third-order valence-corrected chi connectivity index (χ3v) is 5.07. The van der Waals surface area contributed by atoms with Crippen molar-refractivity contribution >= 4 is 19.5 Å². The van der Waals surface area contributed by atoms with Crippen LogP contribution in [0.25, 0.3) is 0 Å². The van der Waals surface area contributed by atoms with Crippen molar-refractivity contribution in [2.45, 2.75) is 58.4 Å². The summed E-state index contributed by atoms with van der Waals surface area (Å²) in [5.74, 6) is 0. The SMILES string of the molecule is CC(C)O[SiH2]CCC[SiH2]OC(C)C. The first-order chi connectivity index (χ1) is 6.13. The first-order valence-corrected chi connectivity index (χ1v) is 8.51. The molecule has 0 fully saturated rings. The zero-order valence-electron chi connectivity index (χ0n) is 9.51. The van der Waals surface area contributed by atoms with Gasteiger partial charge in [-0.3, -0.25) is 0 Å². The third-order valence-electron chi connectivity index (χ3n) is 1.69. The van der Waals surface area contributed by atoms with Crippen LogP contribution in [0.4, 0.5) is 0 Å². The molecule has 0 heterocycles. The normalized spacial score (nSPS) is 13.4. The molecule has 0 spiro atoms. The summed E-state index contributed by atoms with van der Waals surface area (Å²) in [6, 6.07) is 2.65. The zero-order valence-corrected chi connectivity index (χ0v) is 12.3. The molecule has 0 unspecified atom stereocenters. The van der Waals surface area contributed by atoms with Crippen LogP contribution in [0.5, 0.6) is 0 Å².